The summed E-state index contributed by atoms with van der Waals surface area (Å²) in [5, 5.41) is 0. The standard InChI is InChI=1S/C5H12O4Si.K.H/c1-5(6)9-10(4,7-2)8-3;;/h1-4H3;;/q;+1;-1. The first-order valence-electron chi connectivity index (χ1n) is 2.84. The molecule has 0 aromatic carbocycles. The van der Waals surface area contributed by atoms with Gasteiger partial charge in [-0.25, -0.2) is 0 Å². The third-order valence-corrected chi connectivity index (χ3v) is 3.21. The summed E-state index contributed by atoms with van der Waals surface area (Å²) in [5.74, 6) is -0.377. The van der Waals surface area contributed by atoms with Crippen LogP contribution in [0.4, 0.5) is 0 Å². The van der Waals surface area contributed by atoms with Gasteiger partial charge in [0, 0.05) is 27.7 Å². The number of rotatable bonds is 3. The molecule has 0 bridgehead atoms. The van der Waals surface area contributed by atoms with Crippen molar-refractivity contribution in [2.24, 2.45) is 0 Å². The first-order chi connectivity index (χ1) is 4.54. The molecule has 0 aliphatic heterocycles. The van der Waals surface area contributed by atoms with E-state index in [4.69, 9.17) is 13.3 Å². The minimum absolute atomic E-state index is 0. The zero-order valence-corrected chi connectivity index (χ0v) is 11.8. The van der Waals surface area contributed by atoms with Crippen molar-refractivity contribution in [3.8, 4) is 0 Å². The minimum atomic E-state index is -2.61. The van der Waals surface area contributed by atoms with E-state index in [1.807, 2.05) is 0 Å². The molecule has 0 heterocycles. The Morgan fingerprint density at radius 1 is 1.36 bits per heavy atom. The van der Waals surface area contributed by atoms with Gasteiger partial charge in [-0.15, -0.1) is 0 Å². The summed E-state index contributed by atoms with van der Waals surface area (Å²) in [6.45, 7) is 2.97. The van der Waals surface area contributed by atoms with E-state index >= 15 is 0 Å². The quantitative estimate of drug-likeness (QED) is 0.478. The van der Waals surface area contributed by atoms with Crippen molar-refractivity contribution in [3.63, 3.8) is 0 Å². The molecular formula is C5H13KO4Si. The summed E-state index contributed by atoms with van der Waals surface area (Å²) < 4.78 is 14.5. The van der Waals surface area contributed by atoms with E-state index in [-0.39, 0.29) is 58.8 Å². The molecule has 4 nitrogen and oxygen atoms in total. The zero-order chi connectivity index (χ0) is 8.20. The van der Waals surface area contributed by atoms with Crippen molar-refractivity contribution in [1.29, 1.82) is 0 Å². The Bertz CT molecular complexity index is 131. The Labute approximate surface area is 112 Å². The van der Waals surface area contributed by atoms with Crippen LogP contribution in [0.5, 0.6) is 0 Å². The first-order valence-corrected chi connectivity index (χ1v) is 5.06. The van der Waals surface area contributed by atoms with Gasteiger partial charge in [0.05, 0.1) is 0 Å². The number of hydrogen-bond acceptors (Lipinski definition) is 4. The summed E-state index contributed by atoms with van der Waals surface area (Å²) in [7, 11) is 0.304. The van der Waals surface area contributed by atoms with Crippen LogP contribution >= 0.6 is 0 Å². The van der Waals surface area contributed by atoms with E-state index < -0.39 is 8.80 Å². The van der Waals surface area contributed by atoms with Crippen LogP contribution in [0.1, 0.15) is 8.35 Å². The van der Waals surface area contributed by atoms with Crippen molar-refractivity contribution in [3.05, 3.63) is 0 Å². The first kappa shape index (κ1) is 14.8. The van der Waals surface area contributed by atoms with Crippen LogP contribution in [0.25, 0.3) is 0 Å². The third kappa shape index (κ3) is 6.41. The molecular weight excluding hydrogens is 191 g/mol. The van der Waals surface area contributed by atoms with Crippen LogP contribution in [-0.2, 0) is 18.1 Å². The molecule has 0 aromatic rings. The Morgan fingerprint density at radius 3 is 1.82 bits per heavy atom. The fraction of sp³-hybridized carbons (Fsp3) is 0.800. The second-order valence-corrected chi connectivity index (χ2v) is 4.61. The molecule has 0 spiro atoms. The molecule has 0 aliphatic rings. The molecule has 0 radical (unpaired) electrons. The van der Waals surface area contributed by atoms with Crippen LogP contribution in [0.2, 0.25) is 6.55 Å². The average Bonchev–Trinajstić information content (AvgIpc) is 1.87. The summed E-state index contributed by atoms with van der Waals surface area (Å²) in [5.41, 5.74) is 0. The Kier molecular flexibility index (Phi) is 9.02. The van der Waals surface area contributed by atoms with Crippen molar-refractivity contribution < 1.29 is 70.9 Å². The summed E-state index contributed by atoms with van der Waals surface area (Å²) in [4.78, 5) is 10.4. The molecule has 0 amide bonds. The smallest absolute Gasteiger partial charge is 1.00 e. The molecule has 62 valence electrons. The van der Waals surface area contributed by atoms with Crippen LogP contribution in [0.3, 0.4) is 0 Å². The SMILES string of the molecule is CO[Si](C)(OC)OC(C)=O.[H-].[K+]. The van der Waals surface area contributed by atoms with Gasteiger partial charge in [-0.05, 0) is 0 Å². The molecule has 11 heavy (non-hydrogen) atoms. The van der Waals surface area contributed by atoms with Gasteiger partial charge >= 0.3 is 60.2 Å². The molecule has 0 atom stereocenters. The molecule has 0 fully saturated rings. The van der Waals surface area contributed by atoms with E-state index in [0.29, 0.717) is 0 Å². The Hall–Kier alpha value is 1.24. The van der Waals surface area contributed by atoms with Gasteiger partial charge in [-0.2, -0.15) is 0 Å². The van der Waals surface area contributed by atoms with Gasteiger partial charge in [-0.3, -0.25) is 4.79 Å². The summed E-state index contributed by atoms with van der Waals surface area (Å²) >= 11 is 0. The van der Waals surface area contributed by atoms with E-state index in [2.05, 4.69) is 0 Å². The monoisotopic (exact) mass is 204 g/mol. The van der Waals surface area contributed by atoms with Gasteiger partial charge in [-0.1, -0.05) is 0 Å². The molecule has 0 rings (SSSR count). The van der Waals surface area contributed by atoms with E-state index in [1.54, 1.807) is 6.55 Å². The molecule has 0 aliphatic carbocycles. The van der Waals surface area contributed by atoms with Crippen LogP contribution in [0, 0.1) is 0 Å². The number of carbonyl (C=O) groups excluding carboxylic acids is 1. The van der Waals surface area contributed by atoms with Gasteiger partial charge in [0.15, 0.2) is 0 Å². The molecule has 0 aromatic heterocycles. The van der Waals surface area contributed by atoms with Crippen molar-refractivity contribution >= 4 is 14.8 Å². The third-order valence-electron chi connectivity index (χ3n) is 1.07. The van der Waals surface area contributed by atoms with Gasteiger partial charge in [0.25, 0.3) is 5.97 Å². The molecule has 0 saturated heterocycles. The largest absolute Gasteiger partial charge is 1.00 e. The number of carbonyl (C=O) groups is 1. The van der Waals surface area contributed by atoms with Gasteiger partial charge < -0.3 is 14.7 Å². The van der Waals surface area contributed by atoms with Gasteiger partial charge in [0.2, 0.25) is 0 Å². The second kappa shape index (κ2) is 6.73. The fourth-order valence-corrected chi connectivity index (χ4v) is 1.28. The predicted octanol–water partition coefficient (Wildman–Crippen LogP) is -2.47. The van der Waals surface area contributed by atoms with Crippen molar-refractivity contribution in [2.75, 3.05) is 14.2 Å². The van der Waals surface area contributed by atoms with Crippen LogP contribution < -0.4 is 51.4 Å². The van der Waals surface area contributed by atoms with Crippen LogP contribution in [0.15, 0.2) is 0 Å². The molecule has 0 N–H and O–H groups in total. The topological polar surface area (TPSA) is 44.8 Å². The summed E-state index contributed by atoms with van der Waals surface area (Å²) in [6.07, 6.45) is 0. The van der Waals surface area contributed by atoms with E-state index in [1.165, 1.54) is 21.1 Å². The normalized spacial score (nSPS) is 10.2. The Balaban J connectivity index is -0.000000405. The molecule has 0 unspecified atom stereocenters. The summed E-state index contributed by atoms with van der Waals surface area (Å²) in [6, 6.07) is 0. The zero-order valence-electron chi connectivity index (χ0n) is 8.63. The molecule has 6 heteroatoms. The van der Waals surface area contributed by atoms with Crippen molar-refractivity contribution in [1.82, 2.24) is 0 Å². The Morgan fingerprint density at radius 2 is 1.73 bits per heavy atom. The van der Waals surface area contributed by atoms with Crippen LogP contribution in [-0.4, -0.2) is 29.0 Å². The maximum Gasteiger partial charge on any atom is 1.00 e. The maximum absolute atomic E-state index is 10.4. The predicted molar refractivity (Wildman–Crippen MR) is 38.5 cm³/mol. The maximum atomic E-state index is 10.4. The van der Waals surface area contributed by atoms with Crippen molar-refractivity contribution in [2.45, 2.75) is 13.5 Å². The van der Waals surface area contributed by atoms with E-state index in [0.717, 1.165) is 0 Å². The molecule has 0 saturated carbocycles. The second-order valence-electron chi connectivity index (χ2n) is 1.86. The fourth-order valence-electron chi connectivity index (χ4n) is 0.428. The van der Waals surface area contributed by atoms with E-state index in [9.17, 15) is 4.79 Å². The average molecular weight is 204 g/mol. The van der Waals surface area contributed by atoms with Gasteiger partial charge in [0.1, 0.15) is 0 Å². The number of hydrogen-bond donors (Lipinski definition) is 0. The minimum Gasteiger partial charge on any atom is -1.00 e.